The highest BCUT2D eigenvalue weighted by Gasteiger charge is 2.59. The lowest BCUT2D eigenvalue weighted by Crippen LogP contribution is -2.44. The Balaban J connectivity index is 3.23. The van der Waals surface area contributed by atoms with Gasteiger partial charge in [0.05, 0.1) is 13.2 Å². The molecule has 0 spiro atoms. The van der Waals surface area contributed by atoms with Crippen LogP contribution < -0.4 is 10.5 Å². The Bertz CT molecular complexity index is 459. The van der Waals surface area contributed by atoms with Crippen molar-refractivity contribution in [3.05, 3.63) is 28.2 Å². The molecule has 0 bridgehead atoms. The molecule has 1 unspecified atom stereocenters. The summed E-state index contributed by atoms with van der Waals surface area (Å²) < 4.78 is 80.4. The number of methoxy groups -OCH3 is 1. The second kappa shape index (κ2) is 5.80. The van der Waals surface area contributed by atoms with Crippen LogP contribution in [0.2, 0.25) is 0 Å². The summed E-state index contributed by atoms with van der Waals surface area (Å²) in [7, 11) is 1.32. The topological polar surface area (TPSA) is 35.2 Å². The summed E-state index contributed by atoms with van der Waals surface area (Å²) in [6.45, 7) is 0. The maximum Gasteiger partial charge on any atom is 0.402 e. The number of nitrogens with two attached hydrogens (primary N) is 1. The van der Waals surface area contributed by atoms with E-state index >= 15 is 0 Å². The second-order valence-corrected chi connectivity index (χ2v) is 4.83. The Hall–Kier alpha value is -0.960. The first-order valence-electron chi connectivity index (χ1n) is 5.21. The zero-order valence-corrected chi connectivity index (χ0v) is 11.6. The van der Waals surface area contributed by atoms with Crippen LogP contribution in [0.1, 0.15) is 11.6 Å². The molecule has 0 aliphatic heterocycles. The summed E-state index contributed by atoms with van der Waals surface area (Å²) in [6, 6.07) is 1.29. The average molecular weight is 366 g/mol. The van der Waals surface area contributed by atoms with Gasteiger partial charge in [-0.15, -0.1) is 0 Å². The fourth-order valence-corrected chi connectivity index (χ4v) is 2.30. The van der Waals surface area contributed by atoms with Gasteiger partial charge in [-0.05, 0) is 17.7 Å². The molecule has 0 amide bonds. The quantitative estimate of drug-likeness (QED) is 0.814. The summed E-state index contributed by atoms with van der Waals surface area (Å²) in [4.78, 5) is 0. The number of rotatable bonds is 3. The zero-order valence-electron chi connectivity index (χ0n) is 10.0. The molecule has 0 aliphatic rings. The first-order chi connectivity index (χ1) is 8.98. The van der Waals surface area contributed by atoms with Gasteiger partial charge in [0.2, 0.25) is 0 Å². The lowest BCUT2D eigenvalue weighted by atomic mass is 9.92. The molecule has 20 heavy (non-hydrogen) atoms. The van der Waals surface area contributed by atoms with E-state index in [2.05, 4.69) is 15.9 Å². The molecule has 9 heteroatoms. The second-order valence-electron chi connectivity index (χ2n) is 3.97. The molecular weight excluding hydrogens is 356 g/mol. The molecular formula is C11H10BrF6NO. The van der Waals surface area contributed by atoms with Gasteiger partial charge in [-0.25, -0.2) is 0 Å². The summed E-state index contributed by atoms with van der Waals surface area (Å²) >= 11 is 2.90. The van der Waals surface area contributed by atoms with Gasteiger partial charge in [0, 0.05) is 4.47 Å². The molecule has 0 radical (unpaired) electrons. The van der Waals surface area contributed by atoms with Crippen LogP contribution in [0.5, 0.6) is 5.75 Å². The van der Waals surface area contributed by atoms with Gasteiger partial charge in [-0.3, -0.25) is 0 Å². The van der Waals surface area contributed by atoms with E-state index in [1.54, 1.807) is 0 Å². The van der Waals surface area contributed by atoms with E-state index in [1.807, 2.05) is 0 Å². The molecule has 0 aromatic heterocycles. The van der Waals surface area contributed by atoms with Crippen LogP contribution in [0.4, 0.5) is 26.3 Å². The standard InChI is InChI=1S/C11H10BrF6NO/c1-20-5-2-3-6(7(12)4-5)8(19)9(10(13,14)15)11(16,17)18/h2-4,8-9H,19H2,1H3. The van der Waals surface area contributed by atoms with Crippen LogP contribution in [-0.4, -0.2) is 19.5 Å². The van der Waals surface area contributed by atoms with Crippen molar-refractivity contribution in [3.63, 3.8) is 0 Å². The lowest BCUT2D eigenvalue weighted by Gasteiger charge is -2.29. The van der Waals surface area contributed by atoms with E-state index in [-0.39, 0.29) is 15.8 Å². The normalized spacial score (nSPS) is 14.5. The first-order valence-corrected chi connectivity index (χ1v) is 6.00. The highest BCUT2D eigenvalue weighted by molar-refractivity contribution is 9.10. The Labute approximate surface area is 119 Å². The van der Waals surface area contributed by atoms with Crippen molar-refractivity contribution in [1.82, 2.24) is 0 Å². The van der Waals surface area contributed by atoms with Crippen molar-refractivity contribution in [2.45, 2.75) is 18.4 Å². The first kappa shape index (κ1) is 17.1. The van der Waals surface area contributed by atoms with Crippen molar-refractivity contribution in [2.75, 3.05) is 7.11 Å². The van der Waals surface area contributed by atoms with Crippen molar-refractivity contribution < 1.29 is 31.1 Å². The molecule has 0 heterocycles. The summed E-state index contributed by atoms with van der Waals surface area (Å²) in [6.07, 6.45) is -11.0. The maximum atomic E-state index is 12.6. The average Bonchev–Trinajstić information content (AvgIpc) is 2.24. The van der Waals surface area contributed by atoms with E-state index in [9.17, 15) is 26.3 Å². The SMILES string of the molecule is COc1ccc(C(N)C(C(F)(F)F)C(F)(F)F)c(Br)c1. The van der Waals surface area contributed by atoms with E-state index in [0.29, 0.717) is 0 Å². The Morgan fingerprint density at radius 3 is 1.95 bits per heavy atom. The molecule has 1 aromatic carbocycles. The number of halogens is 7. The van der Waals surface area contributed by atoms with E-state index in [4.69, 9.17) is 10.5 Å². The molecule has 2 nitrogen and oxygen atoms in total. The van der Waals surface area contributed by atoms with E-state index < -0.39 is 24.3 Å². The van der Waals surface area contributed by atoms with E-state index in [1.165, 1.54) is 19.2 Å². The van der Waals surface area contributed by atoms with Crippen molar-refractivity contribution in [2.24, 2.45) is 11.7 Å². The number of benzene rings is 1. The number of hydrogen-bond donors (Lipinski definition) is 1. The summed E-state index contributed by atoms with van der Waals surface area (Å²) in [5, 5.41) is 0. The highest BCUT2D eigenvalue weighted by Crippen LogP contribution is 2.46. The van der Waals surface area contributed by atoms with Gasteiger partial charge in [0.15, 0.2) is 5.92 Å². The summed E-state index contributed by atoms with van der Waals surface area (Å²) in [5.41, 5.74) is 4.89. The third-order valence-electron chi connectivity index (χ3n) is 2.63. The fourth-order valence-electron chi connectivity index (χ4n) is 1.68. The Morgan fingerprint density at radius 2 is 1.60 bits per heavy atom. The molecule has 0 aliphatic carbocycles. The molecule has 114 valence electrons. The molecule has 1 rings (SSSR count). The molecule has 0 saturated heterocycles. The monoisotopic (exact) mass is 365 g/mol. The molecule has 0 saturated carbocycles. The predicted octanol–water partition coefficient (Wildman–Crippen LogP) is 4.20. The number of ether oxygens (including phenoxy) is 1. The van der Waals surface area contributed by atoms with Crippen molar-refractivity contribution >= 4 is 15.9 Å². The Morgan fingerprint density at radius 1 is 1.10 bits per heavy atom. The van der Waals surface area contributed by atoms with Gasteiger partial charge in [0.25, 0.3) is 0 Å². The molecule has 1 atom stereocenters. The van der Waals surface area contributed by atoms with Gasteiger partial charge in [0.1, 0.15) is 5.75 Å². The minimum absolute atomic E-state index is 0.0165. The zero-order chi connectivity index (χ0) is 15.7. The van der Waals surface area contributed by atoms with Gasteiger partial charge in [-0.2, -0.15) is 26.3 Å². The summed E-state index contributed by atoms with van der Waals surface area (Å²) in [5.74, 6) is -3.36. The van der Waals surface area contributed by atoms with Crippen LogP contribution in [-0.2, 0) is 0 Å². The number of hydrogen-bond acceptors (Lipinski definition) is 2. The molecule has 1 aromatic rings. The van der Waals surface area contributed by atoms with Crippen LogP contribution in [0.15, 0.2) is 22.7 Å². The molecule has 0 fully saturated rings. The van der Waals surface area contributed by atoms with Gasteiger partial charge < -0.3 is 10.5 Å². The van der Waals surface area contributed by atoms with Crippen LogP contribution in [0.3, 0.4) is 0 Å². The Kier molecular flexibility index (Phi) is 4.96. The van der Waals surface area contributed by atoms with Crippen molar-refractivity contribution in [3.8, 4) is 5.75 Å². The van der Waals surface area contributed by atoms with Crippen molar-refractivity contribution in [1.29, 1.82) is 0 Å². The third-order valence-corrected chi connectivity index (χ3v) is 3.32. The minimum atomic E-state index is -5.49. The predicted molar refractivity (Wildman–Crippen MR) is 63.2 cm³/mol. The smallest absolute Gasteiger partial charge is 0.402 e. The highest BCUT2D eigenvalue weighted by atomic mass is 79.9. The minimum Gasteiger partial charge on any atom is -0.497 e. The van der Waals surface area contributed by atoms with Gasteiger partial charge >= 0.3 is 12.4 Å². The van der Waals surface area contributed by atoms with Crippen LogP contribution >= 0.6 is 15.9 Å². The fraction of sp³-hybridized carbons (Fsp3) is 0.455. The molecule has 2 N–H and O–H groups in total. The maximum absolute atomic E-state index is 12.6. The van der Waals surface area contributed by atoms with Crippen LogP contribution in [0, 0.1) is 5.92 Å². The largest absolute Gasteiger partial charge is 0.497 e. The van der Waals surface area contributed by atoms with Crippen LogP contribution in [0.25, 0.3) is 0 Å². The lowest BCUT2D eigenvalue weighted by molar-refractivity contribution is -0.290. The third kappa shape index (κ3) is 3.78. The van der Waals surface area contributed by atoms with Gasteiger partial charge in [-0.1, -0.05) is 22.0 Å². The number of alkyl halides is 6. The van der Waals surface area contributed by atoms with E-state index in [0.717, 1.165) is 6.07 Å².